The molecule has 1 heterocycles. The van der Waals surface area contributed by atoms with Crippen molar-refractivity contribution in [2.24, 2.45) is 5.73 Å². The molecule has 4 heteroatoms. The van der Waals surface area contributed by atoms with Crippen molar-refractivity contribution >= 4 is 5.97 Å². The summed E-state index contributed by atoms with van der Waals surface area (Å²) in [5.41, 5.74) is 6.67. The molecule has 2 rings (SSSR count). The van der Waals surface area contributed by atoms with Crippen LogP contribution in [0, 0.1) is 0 Å². The van der Waals surface area contributed by atoms with Gasteiger partial charge >= 0.3 is 5.97 Å². The van der Waals surface area contributed by atoms with Gasteiger partial charge in [0.15, 0.2) is 0 Å². The number of hydrogen-bond acceptors (Lipinski definition) is 4. The smallest absolute Gasteiger partial charge is 0.342 e. The van der Waals surface area contributed by atoms with Crippen LogP contribution in [0.1, 0.15) is 42.7 Å². The Morgan fingerprint density at radius 2 is 2.18 bits per heavy atom. The van der Waals surface area contributed by atoms with Gasteiger partial charge in [0.1, 0.15) is 23.5 Å². The fourth-order valence-electron chi connectivity index (χ4n) is 1.76. The minimum atomic E-state index is -0.513. The van der Waals surface area contributed by atoms with E-state index >= 15 is 0 Å². The van der Waals surface area contributed by atoms with E-state index in [0.717, 1.165) is 5.56 Å². The van der Waals surface area contributed by atoms with E-state index in [4.69, 9.17) is 15.2 Å². The number of rotatable bonds is 1. The summed E-state index contributed by atoms with van der Waals surface area (Å²) in [5.74, 6) is 0.192. The van der Waals surface area contributed by atoms with Crippen LogP contribution in [0.3, 0.4) is 0 Å². The van der Waals surface area contributed by atoms with Gasteiger partial charge < -0.3 is 15.2 Å². The van der Waals surface area contributed by atoms with E-state index in [1.807, 2.05) is 26.8 Å². The first-order chi connectivity index (χ1) is 7.88. The number of ether oxygens (including phenoxy) is 2. The Morgan fingerprint density at radius 1 is 1.47 bits per heavy atom. The molecule has 2 N–H and O–H groups in total. The molecule has 1 aliphatic heterocycles. The van der Waals surface area contributed by atoms with Crippen LogP contribution in [-0.4, -0.2) is 18.2 Å². The van der Waals surface area contributed by atoms with Crippen LogP contribution in [0.15, 0.2) is 18.2 Å². The summed E-state index contributed by atoms with van der Waals surface area (Å²) in [6, 6.07) is 5.21. The molecular formula is C13H17NO3. The predicted molar refractivity (Wildman–Crippen MR) is 64.0 cm³/mol. The Balaban J connectivity index is 2.32. The second kappa shape index (κ2) is 4.04. The second-order valence-corrected chi connectivity index (χ2v) is 5.14. The summed E-state index contributed by atoms with van der Waals surface area (Å²) in [7, 11) is 0. The lowest BCUT2D eigenvalue weighted by atomic mass is 10.1. The zero-order valence-corrected chi connectivity index (χ0v) is 10.3. The maximum atomic E-state index is 12.0. The summed E-state index contributed by atoms with van der Waals surface area (Å²) in [4.78, 5) is 12.0. The van der Waals surface area contributed by atoms with Gasteiger partial charge in [0.05, 0.1) is 6.04 Å². The highest BCUT2D eigenvalue weighted by Crippen LogP contribution is 2.34. The van der Waals surface area contributed by atoms with Crippen molar-refractivity contribution in [1.82, 2.24) is 0 Å². The molecule has 1 aliphatic rings. The van der Waals surface area contributed by atoms with Crippen LogP contribution in [0.25, 0.3) is 0 Å². The van der Waals surface area contributed by atoms with Gasteiger partial charge in [0.2, 0.25) is 0 Å². The van der Waals surface area contributed by atoms with E-state index in [2.05, 4.69) is 0 Å². The Hall–Kier alpha value is -1.55. The van der Waals surface area contributed by atoms with E-state index in [1.54, 1.807) is 12.1 Å². The van der Waals surface area contributed by atoms with Gasteiger partial charge in [-0.3, -0.25) is 0 Å². The molecule has 0 bridgehead atoms. The number of carbonyl (C=O) groups excluding carboxylic acids is 1. The maximum Gasteiger partial charge on any atom is 0.342 e. The zero-order valence-electron chi connectivity index (χ0n) is 10.3. The van der Waals surface area contributed by atoms with Crippen LogP contribution in [0.2, 0.25) is 0 Å². The topological polar surface area (TPSA) is 61.5 Å². The second-order valence-electron chi connectivity index (χ2n) is 5.14. The molecule has 0 amide bonds. The quantitative estimate of drug-likeness (QED) is 0.756. The predicted octanol–water partition coefficient (Wildman–Crippen LogP) is 2.03. The molecule has 0 radical (unpaired) electrons. The molecule has 1 unspecified atom stereocenters. The number of fused-ring (bicyclic) bond motifs is 1. The van der Waals surface area contributed by atoms with Crippen molar-refractivity contribution in [2.45, 2.75) is 32.4 Å². The first kappa shape index (κ1) is 11.9. The van der Waals surface area contributed by atoms with Crippen molar-refractivity contribution in [3.05, 3.63) is 29.3 Å². The summed E-state index contributed by atoms with van der Waals surface area (Å²) >= 11 is 0. The minimum absolute atomic E-state index is 0.160. The van der Waals surface area contributed by atoms with Crippen LogP contribution in [0.4, 0.5) is 0 Å². The van der Waals surface area contributed by atoms with Crippen molar-refractivity contribution in [3.8, 4) is 5.75 Å². The standard InChI is InChI=1S/C13H17NO3/c1-13(2,3)17-12(15)9-6-4-5-8-10(14)7-16-11(8)9/h4-6,10H,7,14H2,1-3H3. The summed E-state index contributed by atoms with van der Waals surface area (Å²) < 4.78 is 10.8. The van der Waals surface area contributed by atoms with Crippen molar-refractivity contribution in [1.29, 1.82) is 0 Å². The Kier molecular flexibility index (Phi) is 2.83. The van der Waals surface area contributed by atoms with E-state index in [1.165, 1.54) is 0 Å². The highest BCUT2D eigenvalue weighted by molar-refractivity contribution is 5.93. The molecule has 0 fully saturated rings. The molecule has 17 heavy (non-hydrogen) atoms. The van der Waals surface area contributed by atoms with Crippen LogP contribution in [0.5, 0.6) is 5.75 Å². The van der Waals surface area contributed by atoms with Gasteiger partial charge in [-0.2, -0.15) is 0 Å². The third-order valence-corrected chi connectivity index (χ3v) is 2.47. The lowest BCUT2D eigenvalue weighted by Gasteiger charge is -2.20. The first-order valence-electron chi connectivity index (χ1n) is 5.63. The number of esters is 1. The number of carbonyl (C=O) groups is 1. The fraction of sp³-hybridized carbons (Fsp3) is 0.462. The third-order valence-electron chi connectivity index (χ3n) is 2.47. The van der Waals surface area contributed by atoms with Crippen LogP contribution in [-0.2, 0) is 4.74 Å². The maximum absolute atomic E-state index is 12.0. The fourth-order valence-corrected chi connectivity index (χ4v) is 1.76. The zero-order chi connectivity index (χ0) is 12.6. The van der Waals surface area contributed by atoms with Gasteiger partial charge in [-0.1, -0.05) is 12.1 Å². The SMILES string of the molecule is CC(C)(C)OC(=O)c1cccc2c1OCC2N. The number of hydrogen-bond donors (Lipinski definition) is 1. The third kappa shape index (κ3) is 2.42. The van der Waals surface area contributed by atoms with Gasteiger partial charge in [-0.05, 0) is 26.8 Å². The Morgan fingerprint density at radius 3 is 2.82 bits per heavy atom. The molecule has 1 aromatic rings. The molecule has 0 aromatic heterocycles. The molecule has 1 atom stereocenters. The van der Waals surface area contributed by atoms with Gasteiger partial charge in [0, 0.05) is 5.56 Å². The summed E-state index contributed by atoms with van der Waals surface area (Å²) in [5, 5.41) is 0. The van der Waals surface area contributed by atoms with Gasteiger partial charge in [0.25, 0.3) is 0 Å². The van der Waals surface area contributed by atoms with Crippen molar-refractivity contribution in [2.75, 3.05) is 6.61 Å². The number of benzene rings is 1. The van der Waals surface area contributed by atoms with Crippen molar-refractivity contribution in [3.63, 3.8) is 0 Å². The Bertz CT molecular complexity index is 448. The molecule has 1 aromatic carbocycles. The molecule has 0 spiro atoms. The minimum Gasteiger partial charge on any atom is -0.490 e. The van der Waals surface area contributed by atoms with Gasteiger partial charge in [-0.15, -0.1) is 0 Å². The molecule has 0 saturated carbocycles. The van der Waals surface area contributed by atoms with Gasteiger partial charge in [-0.25, -0.2) is 4.79 Å². The number of para-hydroxylation sites is 1. The highest BCUT2D eigenvalue weighted by atomic mass is 16.6. The van der Waals surface area contributed by atoms with E-state index < -0.39 is 5.60 Å². The average molecular weight is 235 g/mol. The molecule has 0 aliphatic carbocycles. The van der Waals surface area contributed by atoms with E-state index in [-0.39, 0.29) is 12.0 Å². The summed E-state index contributed by atoms with van der Waals surface area (Å²) in [6.45, 7) is 5.91. The number of nitrogens with two attached hydrogens (primary N) is 1. The first-order valence-corrected chi connectivity index (χ1v) is 5.63. The highest BCUT2D eigenvalue weighted by Gasteiger charge is 2.28. The molecule has 4 nitrogen and oxygen atoms in total. The lowest BCUT2D eigenvalue weighted by Crippen LogP contribution is -2.24. The molecular weight excluding hydrogens is 218 g/mol. The molecule has 92 valence electrons. The van der Waals surface area contributed by atoms with Crippen molar-refractivity contribution < 1.29 is 14.3 Å². The van der Waals surface area contributed by atoms with Crippen LogP contribution < -0.4 is 10.5 Å². The van der Waals surface area contributed by atoms with E-state index in [9.17, 15) is 4.79 Å². The average Bonchev–Trinajstić information content (AvgIpc) is 2.58. The molecule has 0 saturated heterocycles. The Labute approximate surface area is 101 Å². The normalized spacial score (nSPS) is 18.5. The summed E-state index contributed by atoms with van der Waals surface area (Å²) in [6.07, 6.45) is 0. The van der Waals surface area contributed by atoms with Crippen LogP contribution >= 0.6 is 0 Å². The lowest BCUT2D eigenvalue weighted by molar-refractivity contribution is 0.00665. The monoisotopic (exact) mass is 235 g/mol. The van der Waals surface area contributed by atoms with E-state index in [0.29, 0.717) is 17.9 Å². The largest absolute Gasteiger partial charge is 0.490 e.